The highest BCUT2D eigenvalue weighted by atomic mass is 16.1. The van der Waals surface area contributed by atoms with E-state index in [9.17, 15) is 4.79 Å². The van der Waals surface area contributed by atoms with Gasteiger partial charge in [0.2, 0.25) is 5.91 Å². The maximum absolute atomic E-state index is 11.6. The highest BCUT2D eigenvalue weighted by Crippen LogP contribution is 2.13. The predicted octanol–water partition coefficient (Wildman–Crippen LogP) is 2.32. The summed E-state index contributed by atoms with van der Waals surface area (Å²) in [6, 6.07) is 1.92. The molecular formula is C14H24N4O. The standard InChI is InChI=1S/C14H24N4O/c1-10(2)11-8-12(17-9-16-11)15-7-6-13(19)18-14(3,4)5/h8-10H,6-7H2,1-5H3,(H,18,19)(H,15,16,17). The minimum absolute atomic E-state index is 0.0399. The number of amides is 1. The van der Waals surface area contributed by atoms with E-state index in [1.807, 2.05) is 26.8 Å². The topological polar surface area (TPSA) is 66.9 Å². The van der Waals surface area contributed by atoms with Gasteiger partial charge in [-0.3, -0.25) is 4.79 Å². The predicted molar refractivity (Wildman–Crippen MR) is 77.1 cm³/mol. The van der Waals surface area contributed by atoms with Crippen molar-refractivity contribution < 1.29 is 4.79 Å². The number of anilines is 1. The van der Waals surface area contributed by atoms with Crippen molar-refractivity contribution in [2.24, 2.45) is 0 Å². The molecule has 0 spiro atoms. The van der Waals surface area contributed by atoms with E-state index >= 15 is 0 Å². The smallest absolute Gasteiger partial charge is 0.222 e. The summed E-state index contributed by atoms with van der Waals surface area (Å²) in [5.74, 6) is 1.17. The Hall–Kier alpha value is -1.65. The lowest BCUT2D eigenvalue weighted by atomic mass is 10.1. The zero-order valence-electron chi connectivity index (χ0n) is 12.4. The first-order valence-electron chi connectivity index (χ1n) is 6.65. The van der Waals surface area contributed by atoms with Crippen molar-refractivity contribution in [3.8, 4) is 0 Å². The molecule has 1 aromatic rings. The number of rotatable bonds is 5. The van der Waals surface area contributed by atoms with Crippen molar-refractivity contribution in [2.75, 3.05) is 11.9 Å². The Morgan fingerprint density at radius 3 is 2.58 bits per heavy atom. The minimum atomic E-state index is -0.184. The van der Waals surface area contributed by atoms with Gasteiger partial charge in [-0.2, -0.15) is 0 Å². The summed E-state index contributed by atoms with van der Waals surface area (Å²) in [4.78, 5) is 20.0. The summed E-state index contributed by atoms with van der Waals surface area (Å²) in [5.41, 5.74) is 0.813. The molecule has 1 rings (SSSR count). The van der Waals surface area contributed by atoms with E-state index in [0.29, 0.717) is 18.9 Å². The molecule has 0 saturated carbocycles. The normalized spacial score (nSPS) is 11.5. The Morgan fingerprint density at radius 1 is 1.32 bits per heavy atom. The summed E-state index contributed by atoms with van der Waals surface area (Å²) in [7, 11) is 0. The van der Waals surface area contributed by atoms with Crippen LogP contribution in [-0.4, -0.2) is 28.0 Å². The summed E-state index contributed by atoms with van der Waals surface area (Å²) in [6.07, 6.45) is 1.98. The average Bonchev–Trinajstić information content (AvgIpc) is 2.27. The third-order valence-electron chi connectivity index (χ3n) is 2.45. The van der Waals surface area contributed by atoms with Crippen molar-refractivity contribution in [1.82, 2.24) is 15.3 Å². The van der Waals surface area contributed by atoms with Gasteiger partial charge in [0.15, 0.2) is 0 Å². The maximum atomic E-state index is 11.6. The molecule has 0 fully saturated rings. The molecule has 0 saturated heterocycles. The van der Waals surface area contributed by atoms with Crippen LogP contribution in [-0.2, 0) is 4.79 Å². The average molecular weight is 264 g/mol. The molecule has 0 bridgehead atoms. The van der Waals surface area contributed by atoms with E-state index in [4.69, 9.17) is 0 Å². The summed E-state index contributed by atoms with van der Waals surface area (Å²) in [6.45, 7) is 10.6. The fourth-order valence-electron chi connectivity index (χ4n) is 1.57. The third kappa shape index (κ3) is 6.18. The van der Waals surface area contributed by atoms with Gasteiger partial charge in [0, 0.05) is 30.3 Å². The van der Waals surface area contributed by atoms with Crippen LogP contribution < -0.4 is 10.6 Å². The van der Waals surface area contributed by atoms with E-state index in [-0.39, 0.29) is 11.4 Å². The van der Waals surface area contributed by atoms with E-state index in [2.05, 4.69) is 34.4 Å². The number of hydrogen-bond acceptors (Lipinski definition) is 4. The minimum Gasteiger partial charge on any atom is -0.369 e. The lowest BCUT2D eigenvalue weighted by Crippen LogP contribution is -2.41. The van der Waals surface area contributed by atoms with Gasteiger partial charge < -0.3 is 10.6 Å². The van der Waals surface area contributed by atoms with Crippen LogP contribution in [0.25, 0.3) is 0 Å². The Kier molecular flexibility index (Phi) is 5.27. The van der Waals surface area contributed by atoms with Crippen molar-refractivity contribution in [2.45, 2.75) is 52.5 Å². The number of nitrogens with one attached hydrogen (secondary N) is 2. The lowest BCUT2D eigenvalue weighted by Gasteiger charge is -2.20. The molecule has 0 aromatic carbocycles. The van der Waals surface area contributed by atoms with E-state index in [1.54, 1.807) is 6.33 Å². The van der Waals surface area contributed by atoms with Gasteiger partial charge in [-0.05, 0) is 26.7 Å². The number of carbonyl (C=O) groups excluding carboxylic acids is 1. The van der Waals surface area contributed by atoms with E-state index < -0.39 is 0 Å². The molecule has 1 aromatic heterocycles. The zero-order valence-corrected chi connectivity index (χ0v) is 12.4. The van der Waals surface area contributed by atoms with Gasteiger partial charge in [0.05, 0.1) is 0 Å². The molecule has 1 amide bonds. The van der Waals surface area contributed by atoms with Crippen LogP contribution in [0.2, 0.25) is 0 Å². The molecule has 0 unspecified atom stereocenters. The van der Waals surface area contributed by atoms with Crippen molar-refractivity contribution >= 4 is 11.7 Å². The molecular weight excluding hydrogens is 240 g/mol. The van der Waals surface area contributed by atoms with Crippen molar-refractivity contribution in [3.05, 3.63) is 18.1 Å². The van der Waals surface area contributed by atoms with Crippen LogP contribution in [0.5, 0.6) is 0 Å². The molecule has 1 heterocycles. The van der Waals surface area contributed by atoms with Gasteiger partial charge in [-0.25, -0.2) is 9.97 Å². The molecule has 19 heavy (non-hydrogen) atoms. The van der Waals surface area contributed by atoms with Gasteiger partial charge in [0.1, 0.15) is 12.1 Å². The van der Waals surface area contributed by atoms with Crippen LogP contribution in [0.15, 0.2) is 12.4 Å². The van der Waals surface area contributed by atoms with Gasteiger partial charge in [0.25, 0.3) is 0 Å². The number of carbonyl (C=O) groups is 1. The highest BCUT2D eigenvalue weighted by molar-refractivity contribution is 5.77. The monoisotopic (exact) mass is 264 g/mol. The van der Waals surface area contributed by atoms with Crippen molar-refractivity contribution in [1.29, 1.82) is 0 Å². The largest absolute Gasteiger partial charge is 0.369 e. The van der Waals surface area contributed by atoms with Crippen LogP contribution in [0.4, 0.5) is 5.82 Å². The summed E-state index contributed by atoms with van der Waals surface area (Å²) < 4.78 is 0. The number of aromatic nitrogens is 2. The molecule has 106 valence electrons. The highest BCUT2D eigenvalue weighted by Gasteiger charge is 2.13. The molecule has 0 aliphatic carbocycles. The Labute approximate surface area is 115 Å². The maximum Gasteiger partial charge on any atom is 0.222 e. The Bertz CT molecular complexity index is 424. The van der Waals surface area contributed by atoms with Crippen LogP contribution in [0.1, 0.15) is 52.7 Å². The number of hydrogen-bond donors (Lipinski definition) is 2. The second-order valence-electron chi connectivity index (χ2n) is 5.96. The Morgan fingerprint density at radius 2 is 2.00 bits per heavy atom. The summed E-state index contributed by atoms with van der Waals surface area (Å²) >= 11 is 0. The van der Waals surface area contributed by atoms with Gasteiger partial charge >= 0.3 is 0 Å². The van der Waals surface area contributed by atoms with Crippen LogP contribution in [0.3, 0.4) is 0 Å². The molecule has 2 N–H and O–H groups in total. The second kappa shape index (κ2) is 6.50. The second-order valence-corrected chi connectivity index (χ2v) is 5.96. The van der Waals surface area contributed by atoms with Crippen molar-refractivity contribution in [3.63, 3.8) is 0 Å². The molecule has 5 nitrogen and oxygen atoms in total. The Balaban J connectivity index is 2.41. The molecule has 0 atom stereocenters. The van der Waals surface area contributed by atoms with Gasteiger partial charge in [-0.1, -0.05) is 13.8 Å². The lowest BCUT2D eigenvalue weighted by molar-refractivity contribution is -0.122. The van der Waals surface area contributed by atoms with Gasteiger partial charge in [-0.15, -0.1) is 0 Å². The number of nitrogens with zero attached hydrogens (tertiary/aromatic N) is 2. The van der Waals surface area contributed by atoms with E-state index in [0.717, 1.165) is 11.5 Å². The fraction of sp³-hybridized carbons (Fsp3) is 0.643. The van der Waals surface area contributed by atoms with Crippen LogP contribution >= 0.6 is 0 Å². The van der Waals surface area contributed by atoms with Crippen LogP contribution in [0, 0.1) is 0 Å². The summed E-state index contributed by atoms with van der Waals surface area (Å²) in [5, 5.41) is 6.07. The quantitative estimate of drug-likeness (QED) is 0.856. The first-order valence-corrected chi connectivity index (χ1v) is 6.65. The first kappa shape index (κ1) is 15.4. The third-order valence-corrected chi connectivity index (χ3v) is 2.45. The molecule has 5 heteroatoms. The molecule has 0 aliphatic rings. The molecule has 0 radical (unpaired) electrons. The SMILES string of the molecule is CC(C)c1cc(NCCC(=O)NC(C)(C)C)ncn1. The fourth-order valence-corrected chi connectivity index (χ4v) is 1.57. The first-order chi connectivity index (χ1) is 8.78. The zero-order chi connectivity index (χ0) is 14.5. The molecule has 0 aliphatic heterocycles. The van der Waals surface area contributed by atoms with E-state index in [1.165, 1.54) is 0 Å².